The van der Waals surface area contributed by atoms with E-state index in [0.29, 0.717) is 16.9 Å². The highest BCUT2D eigenvalue weighted by molar-refractivity contribution is 5.67. The molecule has 0 saturated heterocycles. The van der Waals surface area contributed by atoms with E-state index in [1.807, 2.05) is 6.07 Å². The molecule has 1 aromatic rings. The van der Waals surface area contributed by atoms with E-state index in [4.69, 9.17) is 14.7 Å². The first-order chi connectivity index (χ1) is 9.85. The number of aliphatic hydroxyl groups excluding tert-OH is 1. The number of hydrogen-bond donors (Lipinski definition) is 2. The van der Waals surface area contributed by atoms with Gasteiger partial charge in [-0.1, -0.05) is 6.07 Å². The summed E-state index contributed by atoms with van der Waals surface area (Å²) in [5, 5.41) is 20.6. The zero-order chi connectivity index (χ0) is 15.9. The molecular weight excluding hydrogens is 272 g/mol. The highest BCUT2D eigenvalue weighted by atomic mass is 16.6. The van der Waals surface area contributed by atoms with Crippen molar-refractivity contribution in [2.24, 2.45) is 0 Å². The summed E-state index contributed by atoms with van der Waals surface area (Å²) in [5.41, 5.74) is 0.490. The number of carbonyl (C=O) groups is 1. The lowest BCUT2D eigenvalue weighted by molar-refractivity contribution is 0.0520. The van der Waals surface area contributed by atoms with Gasteiger partial charge in [0.1, 0.15) is 18.0 Å². The first kappa shape index (κ1) is 16.8. The average molecular weight is 292 g/mol. The van der Waals surface area contributed by atoms with E-state index >= 15 is 0 Å². The van der Waals surface area contributed by atoms with Gasteiger partial charge in [0.25, 0.3) is 0 Å². The summed E-state index contributed by atoms with van der Waals surface area (Å²) in [6.07, 6.45) is -0.515. The molecule has 0 aliphatic carbocycles. The molecule has 0 radical (unpaired) electrons. The molecule has 1 rings (SSSR count). The Morgan fingerprint density at radius 3 is 2.71 bits per heavy atom. The molecule has 1 aromatic carbocycles. The third kappa shape index (κ3) is 6.15. The third-order valence-corrected chi connectivity index (χ3v) is 2.39. The van der Waals surface area contributed by atoms with Gasteiger partial charge in [-0.05, 0) is 32.9 Å². The Morgan fingerprint density at radius 2 is 2.14 bits per heavy atom. The van der Waals surface area contributed by atoms with Crippen LogP contribution in [0.3, 0.4) is 0 Å². The zero-order valence-corrected chi connectivity index (χ0v) is 12.5. The molecule has 6 nitrogen and oxygen atoms in total. The van der Waals surface area contributed by atoms with Crippen LogP contribution in [0, 0.1) is 11.3 Å². The van der Waals surface area contributed by atoms with Gasteiger partial charge in [0.15, 0.2) is 0 Å². The summed E-state index contributed by atoms with van der Waals surface area (Å²) in [5.74, 6) is 0.433. The fourth-order valence-electron chi connectivity index (χ4n) is 1.52. The minimum absolute atomic E-state index is 0.180. The summed E-state index contributed by atoms with van der Waals surface area (Å²) in [6, 6.07) is 6.80. The predicted octanol–water partition coefficient (Wildman–Crippen LogP) is 1.95. The molecule has 0 spiro atoms. The molecule has 0 heterocycles. The van der Waals surface area contributed by atoms with Crippen LogP contribution in [-0.4, -0.2) is 30.0 Å². The van der Waals surface area contributed by atoms with Crippen molar-refractivity contribution in [2.75, 3.05) is 13.2 Å². The van der Waals surface area contributed by atoms with Crippen LogP contribution in [0.5, 0.6) is 5.75 Å². The second-order valence-corrected chi connectivity index (χ2v) is 5.37. The zero-order valence-electron chi connectivity index (χ0n) is 12.5. The third-order valence-electron chi connectivity index (χ3n) is 2.39. The molecular formula is C15H20N2O4. The van der Waals surface area contributed by atoms with Gasteiger partial charge in [-0.3, -0.25) is 0 Å². The van der Waals surface area contributed by atoms with E-state index < -0.39 is 11.7 Å². The van der Waals surface area contributed by atoms with Gasteiger partial charge in [-0.15, -0.1) is 0 Å². The second kappa shape index (κ2) is 7.50. The van der Waals surface area contributed by atoms with E-state index in [0.717, 1.165) is 0 Å². The Morgan fingerprint density at radius 1 is 1.43 bits per heavy atom. The van der Waals surface area contributed by atoms with E-state index in [1.165, 1.54) is 0 Å². The number of amides is 1. The largest absolute Gasteiger partial charge is 0.491 e. The molecule has 0 saturated carbocycles. The van der Waals surface area contributed by atoms with E-state index in [9.17, 15) is 9.90 Å². The smallest absolute Gasteiger partial charge is 0.407 e. The van der Waals surface area contributed by atoms with Crippen LogP contribution in [0.1, 0.15) is 31.9 Å². The number of aliphatic hydroxyl groups is 1. The van der Waals surface area contributed by atoms with Gasteiger partial charge >= 0.3 is 6.09 Å². The lowest BCUT2D eigenvalue weighted by Gasteiger charge is -2.19. The number of ether oxygens (including phenoxy) is 2. The molecule has 0 atom stereocenters. The summed E-state index contributed by atoms with van der Waals surface area (Å²) in [7, 11) is 0. The van der Waals surface area contributed by atoms with Crippen molar-refractivity contribution in [3.8, 4) is 11.8 Å². The summed E-state index contributed by atoms with van der Waals surface area (Å²) < 4.78 is 10.6. The monoisotopic (exact) mass is 292 g/mol. The van der Waals surface area contributed by atoms with Gasteiger partial charge in [-0.25, -0.2) is 4.79 Å². The molecule has 21 heavy (non-hydrogen) atoms. The van der Waals surface area contributed by atoms with Crippen molar-refractivity contribution in [1.82, 2.24) is 5.32 Å². The molecule has 0 aromatic heterocycles. The normalized spacial score (nSPS) is 10.6. The SMILES string of the molecule is CC(C)(C)OC(=O)NCCOc1cc(C#N)ccc1CO. The number of hydrogen-bond acceptors (Lipinski definition) is 5. The van der Waals surface area contributed by atoms with Gasteiger partial charge < -0.3 is 19.9 Å². The van der Waals surface area contributed by atoms with Crippen LogP contribution < -0.4 is 10.1 Å². The highest BCUT2D eigenvalue weighted by Gasteiger charge is 2.15. The fraction of sp³-hybridized carbons (Fsp3) is 0.467. The Labute approximate surface area is 124 Å². The molecule has 0 bridgehead atoms. The Kier molecular flexibility index (Phi) is 6.00. The minimum atomic E-state index is -0.546. The van der Waals surface area contributed by atoms with Crippen LogP contribution >= 0.6 is 0 Å². The van der Waals surface area contributed by atoms with Crippen LogP contribution in [0.4, 0.5) is 4.79 Å². The minimum Gasteiger partial charge on any atom is -0.491 e. The topological polar surface area (TPSA) is 91.6 Å². The van der Waals surface area contributed by atoms with E-state index in [-0.39, 0.29) is 19.8 Å². The maximum Gasteiger partial charge on any atom is 0.407 e. The quantitative estimate of drug-likeness (QED) is 0.809. The summed E-state index contributed by atoms with van der Waals surface area (Å²) >= 11 is 0. The van der Waals surface area contributed by atoms with Gasteiger partial charge in [-0.2, -0.15) is 5.26 Å². The molecule has 0 fully saturated rings. The number of nitriles is 1. The van der Waals surface area contributed by atoms with Crippen molar-refractivity contribution in [3.63, 3.8) is 0 Å². The second-order valence-electron chi connectivity index (χ2n) is 5.37. The maximum atomic E-state index is 11.4. The number of nitrogens with zero attached hydrogens (tertiary/aromatic N) is 1. The molecule has 0 aliphatic rings. The maximum absolute atomic E-state index is 11.4. The van der Waals surface area contributed by atoms with Gasteiger partial charge in [0, 0.05) is 5.56 Å². The van der Waals surface area contributed by atoms with E-state index in [1.54, 1.807) is 39.0 Å². The van der Waals surface area contributed by atoms with Crippen LogP contribution in [0.15, 0.2) is 18.2 Å². The van der Waals surface area contributed by atoms with Crippen molar-refractivity contribution in [3.05, 3.63) is 29.3 Å². The summed E-state index contributed by atoms with van der Waals surface area (Å²) in [4.78, 5) is 11.4. The average Bonchev–Trinajstić information content (AvgIpc) is 2.41. The molecule has 6 heteroatoms. The highest BCUT2D eigenvalue weighted by Crippen LogP contribution is 2.20. The molecule has 114 valence electrons. The Hall–Kier alpha value is -2.26. The number of rotatable bonds is 5. The van der Waals surface area contributed by atoms with E-state index in [2.05, 4.69) is 5.32 Å². The van der Waals surface area contributed by atoms with Crippen molar-refractivity contribution in [2.45, 2.75) is 33.0 Å². The first-order valence-electron chi connectivity index (χ1n) is 6.59. The Balaban J connectivity index is 2.46. The predicted molar refractivity (Wildman–Crippen MR) is 76.8 cm³/mol. The number of carbonyl (C=O) groups excluding carboxylic acids is 1. The molecule has 1 amide bonds. The van der Waals surface area contributed by atoms with Crippen molar-refractivity contribution >= 4 is 6.09 Å². The van der Waals surface area contributed by atoms with Gasteiger partial charge in [0.05, 0.1) is 24.8 Å². The fourth-order valence-corrected chi connectivity index (χ4v) is 1.52. The van der Waals surface area contributed by atoms with Crippen LogP contribution in [0.25, 0.3) is 0 Å². The lowest BCUT2D eigenvalue weighted by atomic mass is 10.1. The number of nitrogens with one attached hydrogen (secondary N) is 1. The van der Waals surface area contributed by atoms with Crippen molar-refractivity contribution in [1.29, 1.82) is 5.26 Å². The van der Waals surface area contributed by atoms with Gasteiger partial charge in [0.2, 0.25) is 0 Å². The standard InChI is InChI=1S/C15H20N2O4/c1-15(2,3)21-14(19)17-6-7-20-13-8-11(9-16)4-5-12(13)10-18/h4-5,8,18H,6-7,10H2,1-3H3,(H,17,19). The lowest BCUT2D eigenvalue weighted by Crippen LogP contribution is -2.34. The number of benzene rings is 1. The van der Waals surface area contributed by atoms with Crippen molar-refractivity contribution < 1.29 is 19.4 Å². The van der Waals surface area contributed by atoms with Crippen LogP contribution in [-0.2, 0) is 11.3 Å². The molecule has 0 aliphatic heterocycles. The molecule has 2 N–H and O–H groups in total. The molecule has 0 unspecified atom stereocenters. The summed E-state index contributed by atoms with van der Waals surface area (Å²) in [6.45, 7) is 5.64. The Bertz CT molecular complexity index is 529. The number of alkyl carbamates (subject to hydrolysis) is 1. The van der Waals surface area contributed by atoms with Crippen LogP contribution in [0.2, 0.25) is 0 Å². The first-order valence-corrected chi connectivity index (χ1v) is 6.59.